The maximum absolute atomic E-state index is 12.5. The molecule has 0 atom stereocenters. The lowest BCUT2D eigenvalue weighted by molar-refractivity contribution is -0.116. The fourth-order valence-corrected chi connectivity index (χ4v) is 16.6. The summed E-state index contributed by atoms with van der Waals surface area (Å²) in [4.78, 5) is 68.8. The molecule has 0 radical (unpaired) electrons. The summed E-state index contributed by atoms with van der Waals surface area (Å²) in [6, 6.07) is 14.8. The summed E-state index contributed by atoms with van der Waals surface area (Å²) in [5, 5.41) is 41.4. The molecule has 9 aromatic heterocycles. The summed E-state index contributed by atoms with van der Waals surface area (Å²) < 4.78 is 0. The third-order valence-corrected chi connectivity index (χ3v) is 20.3. The Balaban J connectivity index is 0.000000144. The first-order valence-electron chi connectivity index (χ1n) is 29.6. The van der Waals surface area contributed by atoms with E-state index in [-0.39, 0.29) is 17.7 Å². The summed E-state index contributed by atoms with van der Waals surface area (Å²) in [7, 11) is 0. The van der Waals surface area contributed by atoms with Crippen LogP contribution in [-0.2, 0) is 53.3 Å². The lowest BCUT2D eigenvalue weighted by Gasteiger charge is -2.13. The van der Waals surface area contributed by atoms with Gasteiger partial charge in [0.05, 0.1) is 17.1 Å². The van der Waals surface area contributed by atoms with Gasteiger partial charge >= 0.3 is 0 Å². The fourth-order valence-electron chi connectivity index (χ4n) is 10.0. The zero-order valence-corrected chi connectivity index (χ0v) is 54.8. The van der Waals surface area contributed by atoms with Gasteiger partial charge in [0.25, 0.3) is 0 Å². The smallest absolute Gasteiger partial charge is 0.226 e. The van der Waals surface area contributed by atoms with E-state index in [2.05, 4.69) is 115 Å². The topological polar surface area (TPSA) is 237 Å². The van der Waals surface area contributed by atoms with Gasteiger partial charge in [0.1, 0.15) is 35.7 Å². The van der Waals surface area contributed by atoms with E-state index in [1.165, 1.54) is 31.3 Å². The minimum atomic E-state index is 0.0347. The normalized spacial score (nSPS) is 13.5. The number of carbonyl (C=O) groups excluding carboxylic acids is 3. The Morgan fingerprint density at radius 2 is 0.897 bits per heavy atom. The van der Waals surface area contributed by atoms with Gasteiger partial charge < -0.3 is 47.9 Å². The second-order valence-corrected chi connectivity index (χ2v) is 27.8. The Kier molecular flexibility index (Phi) is 22.8. The second kappa shape index (κ2) is 31.2. The molecule has 0 fully saturated rings. The van der Waals surface area contributed by atoms with Gasteiger partial charge in [-0.2, -0.15) is 0 Å². The molecule has 3 aliphatic rings. The lowest BCUT2D eigenvalue weighted by atomic mass is 10.0. The molecular formula is C63H75N15O3S6. The van der Waals surface area contributed by atoms with Crippen molar-refractivity contribution >= 4 is 101 Å². The second-order valence-electron chi connectivity index (χ2n) is 21.9. The van der Waals surface area contributed by atoms with E-state index in [1.54, 1.807) is 92.8 Å². The quantitative estimate of drug-likeness (QED) is 0.0325. The maximum Gasteiger partial charge on any atom is 0.226 e. The lowest BCUT2D eigenvalue weighted by Crippen LogP contribution is -2.27. The first-order chi connectivity index (χ1) is 42.3. The minimum absolute atomic E-state index is 0.0347. The van der Waals surface area contributed by atoms with Crippen molar-refractivity contribution in [2.24, 2.45) is 0 Å². The third-order valence-electron chi connectivity index (χ3n) is 14.3. The predicted octanol–water partition coefficient (Wildman–Crippen LogP) is 11.7. The van der Waals surface area contributed by atoms with E-state index in [9.17, 15) is 14.4 Å². The average Bonchev–Trinajstić information content (AvgIpc) is 2.13. The summed E-state index contributed by atoms with van der Waals surface area (Å²) in [6.45, 7) is 19.9. The molecule has 0 aromatic carbocycles. The first kappa shape index (κ1) is 63.6. The number of aromatic nitrogens is 6. The van der Waals surface area contributed by atoms with Crippen LogP contribution in [-0.4, -0.2) is 105 Å². The molecule has 3 aliphatic heterocycles. The van der Waals surface area contributed by atoms with Crippen LogP contribution in [0.1, 0.15) is 92.1 Å². The molecule has 18 nitrogen and oxygen atoms in total. The van der Waals surface area contributed by atoms with Gasteiger partial charge in [-0.3, -0.25) is 29.3 Å². The summed E-state index contributed by atoms with van der Waals surface area (Å²) >= 11 is 9.87. The van der Waals surface area contributed by atoms with E-state index in [4.69, 9.17) is 15.0 Å². The van der Waals surface area contributed by atoms with Crippen LogP contribution >= 0.6 is 68.0 Å². The van der Waals surface area contributed by atoms with Gasteiger partial charge in [-0.15, -0.1) is 68.0 Å². The monoisotopic (exact) mass is 1280 g/mol. The van der Waals surface area contributed by atoms with Crippen molar-refractivity contribution in [2.75, 3.05) is 55.2 Å². The van der Waals surface area contributed by atoms with Gasteiger partial charge in [-0.25, -0.2) is 15.0 Å². The van der Waals surface area contributed by atoms with Crippen molar-refractivity contribution in [1.29, 1.82) is 0 Å². The van der Waals surface area contributed by atoms with Crippen molar-refractivity contribution in [3.63, 3.8) is 0 Å². The molecule has 0 bridgehead atoms. The van der Waals surface area contributed by atoms with E-state index >= 15 is 0 Å². The maximum atomic E-state index is 12.5. The SMILES string of the molecule is CC(C)NCCC(=O)Nc1sc2c(c1-c1nc(-c3ccccn3)cs1)CCNC2.CC(C)NCCC(=O)Nc1sc2c(c1-c1nc(-c3cccnc3)cs1)CCNC2.CC(C)NCCC(=O)Nc1sc2c(c1-c1nc(-c3ccncc3)cs1)CCNC2. The van der Waals surface area contributed by atoms with Gasteiger partial charge in [0, 0.05) is 166 Å². The number of nitrogens with one attached hydrogen (secondary N) is 9. The molecule has 87 heavy (non-hydrogen) atoms. The van der Waals surface area contributed by atoms with Gasteiger partial charge in [-0.1, -0.05) is 47.6 Å². The van der Waals surface area contributed by atoms with Crippen LogP contribution in [0.25, 0.3) is 65.6 Å². The van der Waals surface area contributed by atoms with Crippen LogP contribution in [0.4, 0.5) is 15.0 Å². The van der Waals surface area contributed by atoms with Crippen molar-refractivity contribution < 1.29 is 14.4 Å². The zero-order valence-electron chi connectivity index (χ0n) is 49.9. The number of anilines is 3. The van der Waals surface area contributed by atoms with Gasteiger partial charge in [0.2, 0.25) is 17.7 Å². The number of amides is 3. The van der Waals surface area contributed by atoms with E-state index in [0.717, 1.165) is 139 Å². The summed E-state index contributed by atoms with van der Waals surface area (Å²) in [6.07, 6.45) is 13.2. The van der Waals surface area contributed by atoms with E-state index in [1.807, 2.05) is 54.0 Å². The third kappa shape index (κ3) is 17.1. The molecule has 24 heteroatoms. The number of pyridine rings is 3. The summed E-state index contributed by atoms with van der Waals surface area (Å²) in [5.74, 6) is 0.110. The van der Waals surface area contributed by atoms with E-state index < -0.39 is 0 Å². The number of hydrogen-bond acceptors (Lipinski definition) is 21. The number of nitrogens with zero attached hydrogens (tertiary/aromatic N) is 6. The zero-order chi connectivity index (χ0) is 60.7. The summed E-state index contributed by atoms with van der Waals surface area (Å²) in [5.41, 5.74) is 12.9. The van der Waals surface area contributed by atoms with Crippen molar-refractivity contribution in [2.45, 2.75) is 118 Å². The molecule has 0 aliphatic carbocycles. The molecular weight excluding hydrogens is 1210 g/mol. The highest BCUT2D eigenvalue weighted by molar-refractivity contribution is 7.20. The van der Waals surface area contributed by atoms with Crippen LogP contribution < -0.4 is 47.9 Å². The number of rotatable bonds is 21. The van der Waals surface area contributed by atoms with E-state index in [0.29, 0.717) is 57.0 Å². The van der Waals surface area contributed by atoms with Crippen molar-refractivity contribution in [1.82, 2.24) is 61.8 Å². The molecule has 0 unspecified atom stereocenters. The molecule has 9 N–H and O–H groups in total. The van der Waals surface area contributed by atoms with Crippen LogP contribution in [0.2, 0.25) is 0 Å². The van der Waals surface area contributed by atoms with Crippen LogP contribution in [0.3, 0.4) is 0 Å². The Labute approximate surface area is 532 Å². The molecule has 3 amide bonds. The Morgan fingerprint density at radius 1 is 0.471 bits per heavy atom. The largest absolute Gasteiger partial charge is 0.317 e. The molecule has 12 heterocycles. The van der Waals surface area contributed by atoms with Gasteiger partial charge in [-0.05, 0) is 92.0 Å². The van der Waals surface area contributed by atoms with Crippen LogP contribution in [0.5, 0.6) is 0 Å². The van der Waals surface area contributed by atoms with Crippen molar-refractivity contribution in [3.05, 3.63) is 121 Å². The standard InChI is InChI=1S/3C21H25N5OS2/c1-13(2)24-10-6-18(27)26-21-19(15-5-9-23-11-17(15)29-21)20-25-16(12-28-20)14-3-7-22-8-4-14;1-13(2)24-9-6-18(27)26-21-19(15-5-8-23-11-17(15)29-21)20-25-16(12-28-20)14-4-3-7-22-10-14;1-13(2)23-10-7-18(27)26-21-19(14-6-9-22-11-17(14)29-21)20-25-16(12-28-20)15-5-3-4-8-24-15/h3-4,7-8,12-13,23-24H,5-6,9-11H2,1-2H3,(H,26,27);3-4,7,10,12-13,23-24H,5-6,8-9,11H2,1-2H3,(H,26,27);3-5,8,12-13,22-23H,6-7,9-11H2,1-2H3,(H,26,27). The number of fused-ring (bicyclic) bond motifs is 3. The number of thiophene rings is 3. The molecule has 456 valence electrons. The predicted molar refractivity (Wildman–Crippen MR) is 361 cm³/mol. The number of thiazole rings is 3. The molecule has 12 rings (SSSR count). The highest BCUT2D eigenvalue weighted by atomic mass is 32.1. The van der Waals surface area contributed by atoms with Gasteiger partial charge in [0.15, 0.2) is 0 Å². The molecule has 0 saturated heterocycles. The van der Waals surface area contributed by atoms with Crippen LogP contribution in [0, 0.1) is 0 Å². The Bertz CT molecular complexity index is 3320. The number of carbonyl (C=O) groups is 3. The Morgan fingerprint density at radius 3 is 1.30 bits per heavy atom. The highest BCUT2D eigenvalue weighted by Gasteiger charge is 2.28. The number of hydrogen-bond donors (Lipinski definition) is 9. The Hall–Kier alpha value is -6.39. The van der Waals surface area contributed by atoms with Crippen LogP contribution in [0.15, 0.2) is 89.6 Å². The fraction of sp³-hybridized carbons (Fsp3) is 0.381. The highest BCUT2D eigenvalue weighted by Crippen LogP contribution is 2.47. The molecule has 0 saturated carbocycles. The minimum Gasteiger partial charge on any atom is -0.317 e. The molecule has 0 spiro atoms. The average molecular weight is 1280 g/mol. The first-order valence-corrected chi connectivity index (χ1v) is 34.7. The van der Waals surface area contributed by atoms with Crippen molar-refractivity contribution in [3.8, 4) is 65.6 Å². The molecule has 9 aromatic rings.